The molecule has 0 aromatic heterocycles. The van der Waals surface area contributed by atoms with Gasteiger partial charge in [0.15, 0.2) is 0 Å². The van der Waals surface area contributed by atoms with Crippen LogP contribution in [0.1, 0.15) is 11.1 Å². The number of para-hydroxylation sites is 2. The fraction of sp³-hybridized carbons (Fsp3) is 0.0526. The van der Waals surface area contributed by atoms with Crippen molar-refractivity contribution < 1.29 is 0 Å². The van der Waals surface area contributed by atoms with Gasteiger partial charge < -0.3 is 4.90 Å². The summed E-state index contributed by atoms with van der Waals surface area (Å²) in [5.41, 5.74) is 13.3. The van der Waals surface area contributed by atoms with Crippen molar-refractivity contribution in [2.45, 2.75) is 13.8 Å². The highest BCUT2D eigenvalue weighted by Gasteiger charge is 2.13. The van der Waals surface area contributed by atoms with Gasteiger partial charge in [-0.2, -0.15) is 0 Å². The van der Waals surface area contributed by atoms with Gasteiger partial charge in [0.2, 0.25) is 0 Å². The molecular formula is C38H31N. The first kappa shape index (κ1) is 24.5. The fourth-order valence-electron chi connectivity index (χ4n) is 5.02. The highest BCUT2D eigenvalue weighted by Crippen LogP contribution is 2.37. The monoisotopic (exact) mass is 501 g/mol. The lowest BCUT2D eigenvalue weighted by atomic mass is 9.92. The van der Waals surface area contributed by atoms with E-state index in [1.807, 2.05) is 0 Å². The largest absolute Gasteiger partial charge is 0.311 e. The summed E-state index contributed by atoms with van der Waals surface area (Å²) < 4.78 is 0. The minimum atomic E-state index is 1.13. The van der Waals surface area contributed by atoms with Crippen LogP contribution in [0.25, 0.3) is 33.4 Å². The molecule has 0 N–H and O–H groups in total. The molecule has 0 amide bonds. The van der Waals surface area contributed by atoms with Crippen LogP contribution in [-0.2, 0) is 0 Å². The number of hydrogen-bond acceptors (Lipinski definition) is 1. The van der Waals surface area contributed by atoms with Gasteiger partial charge in [-0.3, -0.25) is 0 Å². The summed E-state index contributed by atoms with van der Waals surface area (Å²) in [5, 5.41) is 0. The first-order valence-electron chi connectivity index (χ1n) is 13.4. The van der Waals surface area contributed by atoms with Crippen molar-refractivity contribution in [2.24, 2.45) is 0 Å². The van der Waals surface area contributed by atoms with Crippen LogP contribution in [0, 0.1) is 13.8 Å². The Bertz CT molecular complexity index is 1560. The van der Waals surface area contributed by atoms with Crippen molar-refractivity contribution in [3.8, 4) is 33.4 Å². The van der Waals surface area contributed by atoms with Crippen LogP contribution < -0.4 is 4.90 Å². The third-order valence-corrected chi connectivity index (χ3v) is 7.19. The predicted molar refractivity (Wildman–Crippen MR) is 167 cm³/mol. The van der Waals surface area contributed by atoms with Gasteiger partial charge >= 0.3 is 0 Å². The van der Waals surface area contributed by atoms with Crippen LogP contribution in [0.2, 0.25) is 0 Å². The van der Waals surface area contributed by atoms with E-state index in [9.17, 15) is 0 Å². The first-order chi connectivity index (χ1) is 19.1. The Morgan fingerprint density at radius 2 is 0.615 bits per heavy atom. The van der Waals surface area contributed by atoms with Crippen LogP contribution >= 0.6 is 0 Å². The second-order valence-electron chi connectivity index (χ2n) is 10.1. The summed E-state index contributed by atoms with van der Waals surface area (Å²) >= 11 is 0. The molecular weight excluding hydrogens is 470 g/mol. The second-order valence-corrected chi connectivity index (χ2v) is 10.1. The molecule has 0 aliphatic carbocycles. The zero-order valence-corrected chi connectivity index (χ0v) is 22.4. The Balaban J connectivity index is 1.43. The minimum absolute atomic E-state index is 1.13. The Morgan fingerprint density at radius 1 is 0.308 bits per heavy atom. The maximum absolute atomic E-state index is 2.31. The average molecular weight is 502 g/mol. The van der Waals surface area contributed by atoms with Crippen LogP contribution in [0.3, 0.4) is 0 Å². The molecule has 6 aromatic carbocycles. The van der Waals surface area contributed by atoms with E-state index >= 15 is 0 Å². The topological polar surface area (TPSA) is 3.24 Å². The van der Waals surface area contributed by atoms with Gasteiger partial charge in [0, 0.05) is 17.1 Å². The standard InChI is InChI=1S/C38H31N/c1-28-13-17-30(18-14-28)33-25-34(31-19-15-29(2)16-20-31)27-35(26-33)32-21-23-38(24-22-32)39(36-9-5-3-6-10-36)37-11-7-4-8-12-37/h3-27H,1-2H3. The Hall–Kier alpha value is -4.88. The molecule has 6 rings (SSSR count). The number of aryl methyl sites for hydroxylation is 2. The lowest BCUT2D eigenvalue weighted by Crippen LogP contribution is -2.09. The van der Waals surface area contributed by atoms with Crippen molar-refractivity contribution in [2.75, 3.05) is 4.90 Å². The zero-order valence-electron chi connectivity index (χ0n) is 22.4. The van der Waals surface area contributed by atoms with Crippen molar-refractivity contribution in [1.82, 2.24) is 0 Å². The third kappa shape index (κ3) is 5.39. The van der Waals surface area contributed by atoms with E-state index in [0.29, 0.717) is 0 Å². The molecule has 0 radical (unpaired) electrons. The summed E-state index contributed by atoms with van der Waals surface area (Å²) in [6.07, 6.45) is 0. The summed E-state index contributed by atoms with van der Waals surface area (Å²) in [7, 11) is 0. The van der Waals surface area contributed by atoms with Crippen LogP contribution in [-0.4, -0.2) is 0 Å². The van der Waals surface area contributed by atoms with Gasteiger partial charge in [0.25, 0.3) is 0 Å². The molecule has 0 aliphatic rings. The van der Waals surface area contributed by atoms with Gasteiger partial charge in [-0.25, -0.2) is 0 Å². The number of nitrogens with zero attached hydrogens (tertiary/aromatic N) is 1. The second kappa shape index (κ2) is 10.8. The van der Waals surface area contributed by atoms with Crippen molar-refractivity contribution in [3.63, 3.8) is 0 Å². The van der Waals surface area contributed by atoms with Gasteiger partial charge in [0.1, 0.15) is 0 Å². The number of anilines is 3. The average Bonchev–Trinajstić information content (AvgIpc) is 2.99. The first-order valence-corrected chi connectivity index (χ1v) is 13.4. The molecule has 6 aromatic rings. The molecule has 0 atom stereocenters. The number of benzene rings is 6. The van der Waals surface area contributed by atoms with Crippen LogP contribution in [0.5, 0.6) is 0 Å². The third-order valence-electron chi connectivity index (χ3n) is 7.19. The summed E-state index contributed by atoms with van der Waals surface area (Å²) in [5.74, 6) is 0. The molecule has 0 aliphatic heterocycles. The quantitative estimate of drug-likeness (QED) is 0.219. The molecule has 0 saturated heterocycles. The maximum atomic E-state index is 2.31. The van der Waals surface area contributed by atoms with Gasteiger partial charge in [-0.05, 0) is 102 Å². The minimum Gasteiger partial charge on any atom is -0.311 e. The Labute approximate surface area is 231 Å². The Morgan fingerprint density at radius 3 is 0.974 bits per heavy atom. The van der Waals surface area contributed by atoms with E-state index in [4.69, 9.17) is 0 Å². The summed E-state index contributed by atoms with van der Waals surface area (Å²) in [6, 6.07) is 54.5. The molecule has 0 heterocycles. The van der Waals surface area contributed by atoms with E-state index in [1.165, 1.54) is 44.5 Å². The van der Waals surface area contributed by atoms with E-state index in [2.05, 4.69) is 170 Å². The fourth-order valence-corrected chi connectivity index (χ4v) is 5.02. The lowest BCUT2D eigenvalue weighted by Gasteiger charge is -2.25. The molecule has 39 heavy (non-hydrogen) atoms. The summed E-state index contributed by atoms with van der Waals surface area (Å²) in [4.78, 5) is 2.30. The van der Waals surface area contributed by atoms with E-state index in [-0.39, 0.29) is 0 Å². The molecule has 0 bridgehead atoms. The zero-order chi connectivity index (χ0) is 26.6. The van der Waals surface area contributed by atoms with Crippen molar-refractivity contribution in [3.05, 3.63) is 163 Å². The molecule has 0 fully saturated rings. The summed E-state index contributed by atoms with van der Waals surface area (Å²) in [6.45, 7) is 4.27. The molecule has 188 valence electrons. The van der Waals surface area contributed by atoms with Crippen molar-refractivity contribution in [1.29, 1.82) is 0 Å². The van der Waals surface area contributed by atoms with Gasteiger partial charge in [-0.1, -0.05) is 108 Å². The van der Waals surface area contributed by atoms with E-state index in [1.54, 1.807) is 0 Å². The highest BCUT2D eigenvalue weighted by molar-refractivity contribution is 5.83. The van der Waals surface area contributed by atoms with Crippen molar-refractivity contribution >= 4 is 17.1 Å². The molecule has 0 unspecified atom stereocenters. The normalized spacial score (nSPS) is 10.8. The lowest BCUT2D eigenvalue weighted by molar-refractivity contribution is 1.28. The number of hydrogen-bond donors (Lipinski definition) is 0. The van der Waals surface area contributed by atoms with E-state index in [0.717, 1.165) is 17.1 Å². The highest BCUT2D eigenvalue weighted by atomic mass is 15.1. The SMILES string of the molecule is Cc1ccc(-c2cc(-c3ccc(C)cc3)cc(-c3ccc(N(c4ccccc4)c4ccccc4)cc3)c2)cc1. The van der Waals surface area contributed by atoms with Crippen LogP contribution in [0.4, 0.5) is 17.1 Å². The molecule has 0 spiro atoms. The Kier molecular flexibility index (Phi) is 6.80. The molecule has 1 heteroatoms. The van der Waals surface area contributed by atoms with Gasteiger partial charge in [0.05, 0.1) is 0 Å². The molecule has 1 nitrogen and oxygen atoms in total. The maximum Gasteiger partial charge on any atom is 0.0462 e. The predicted octanol–water partition coefficient (Wildman–Crippen LogP) is 10.8. The van der Waals surface area contributed by atoms with Crippen LogP contribution in [0.15, 0.2) is 152 Å². The van der Waals surface area contributed by atoms with Gasteiger partial charge in [-0.15, -0.1) is 0 Å². The number of rotatable bonds is 6. The smallest absolute Gasteiger partial charge is 0.0462 e. The van der Waals surface area contributed by atoms with E-state index < -0.39 is 0 Å². The molecule has 0 saturated carbocycles.